The molecule has 21 heteroatoms. The molecule has 0 aliphatic heterocycles. The van der Waals surface area contributed by atoms with Crippen LogP contribution >= 0.6 is 0 Å². The lowest BCUT2D eigenvalue weighted by Crippen LogP contribution is -2.00. The molecule has 0 radical (unpaired) electrons. The molecule has 0 bridgehead atoms. The lowest BCUT2D eigenvalue weighted by Gasteiger charge is -2.19. The predicted molar refractivity (Wildman–Crippen MR) is 503 cm³/mol. The molecule has 0 unspecified atom stereocenters. The smallest absolute Gasteiger partial charge is 0.166 e. The van der Waals surface area contributed by atoms with Crippen LogP contribution in [0.1, 0.15) is 111 Å². The molecule has 0 fully saturated rings. The van der Waals surface area contributed by atoms with Crippen LogP contribution in [0.15, 0.2) is 309 Å². The number of hydrogen-bond donors (Lipinski definition) is 21. The highest BCUT2D eigenvalue weighted by molar-refractivity contribution is 6.01. The van der Waals surface area contributed by atoms with Crippen LogP contribution in [0.5, 0.6) is 121 Å². The number of benzene rings is 18. The lowest BCUT2D eigenvalue weighted by molar-refractivity contribution is 0.404. The first kappa shape index (κ1) is 88.7. The van der Waals surface area contributed by atoms with E-state index in [0.29, 0.717) is 139 Å². The second-order valence-corrected chi connectivity index (χ2v) is 32.5. The second-order valence-electron chi connectivity index (χ2n) is 32.5. The maximum atomic E-state index is 11.4. The Morgan fingerprint density at radius 1 is 0.137 bits per heavy atom. The minimum absolute atomic E-state index is 0.00475. The summed E-state index contributed by atoms with van der Waals surface area (Å²) < 4.78 is 0. The summed E-state index contributed by atoms with van der Waals surface area (Å²) in [7, 11) is 0. The topological polar surface area (TPSA) is 425 Å². The van der Waals surface area contributed by atoms with Crippen LogP contribution < -0.4 is 0 Å². The van der Waals surface area contributed by atoms with Gasteiger partial charge in [0.25, 0.3) is 0 Å². The standard InChI is InChI=1S/2C31H26O6.C24H20O5.C24H20O4/c32-24-7-1-18(2-8-24)13-22-16-21-17-23(14-19-3-9-25(33)10-4-19)30(36)31(37)28(21)27(29(22)35)15-20-5-11-26(34)12-6-20;32-23-7-1-18(2-8-23)13-21-17-28(35)31(37)29-26(21)16-22(14-19-3-9-24(33)10-4-19)30(36)27(29)15-20-5-11-25(34)12-6-20;25-18-6-1-14(2-7-18)11-17-13-16-5-10-21(27)20(22(16)24(29)23(17)28)12-15-3-8-19(26)9-4-15;25-19-8-4-15(5-9-19)12-17-2-1-3-21-22(27)14-18(24(28)23(17)21)13-16-6-10-20(26)11-7-16/h2*1-12,16-17,32-37H,13-15H2;1-10,13,25-29H,11-12H2;1-11,14,25-28H,12-13H2. The van der Waals surface area contributed by atoms with E-state index in [0.717, 1.165) is 66.8 Å². The SMILES string of the molecule is Oc1ccc(Cc2cc(O)c3cccc(Cc4ccc(O)cc4)c3c2O)cc1.Oc1ccc(Cc2cc3c(Cc4ccc(O)cc4)cc(O)c(O)c3c(Cc3ccc(O)cc3)c2O)cc1.Oc1ccc(Cc2cc3cc(Cc4ccc(O)cc4)c(O)c(Cc4ccc(O)cc4)c3c(O)c2O)cc1.Oc1ccc(Cc2cc3ccc(O)c(Cc4ccc(O)cc4)c3c(O)c2O)cc1. The minimum Gasteiger partial charge on any atom is -0.508 e. The molecule has 0 aliphatic carbocycles. The molecule has 21 N–H and O–H groups in total. The van der Waals surface area contributed by atoms with Crippen molar-refractivity contribution in [2.45, 2.75) is 64.2 Å². The number of hydrogen-bond acceptors (Lipinski definition) is 21. The highest BCUT2D eigenvalue weighted by Crippen LogP contribution is 2.49. The molecule has 658 valence electrons. The molecule has 0 spiro atoms. The monoisotopic (exact) mass is 1750 g/mol. The Kier molecular flexibility index (Phi) is 26.2. The van der Waals surface area contributed by atoms with Gasteiger partial charge in [0.05, 0.1) is 0 Å². The van der Waals surface area contributed by atoms with Crippen molar-refractivity contribution in [3.05, 3.63) is 421 Å². The first-order chi connectivity index (χ1) is 63.0. The second kappa shape index (κ2) is 38.7. The van der Waals surface area contributed by atoms with Crippen LogP contribution in [-0.2, 0) is 64.2 Å². The Bertz CT molecular complexity index is 7170. The largest absolute Gasteiger partial charge is 0.508 e. The Morgan fingerprint density at radius 3 is 0.740 bits per heavy atom. The van der Waals surface area contributed by atoms with Crippen molar-refractivity contribution in [1.82, 2.24) is 0 Å². The van der Waals surface area contributed by atoms with Crippen molar-refractivity contribution in [1.29, 1.82) is 0 Å². The molecule has 21 nitrogen and oxygen atoms in total. The van der Waals surface area contributed by atoms with E-state index < -0.39 is 0 Å². The summed E-state index contributed by atoms with van der Waals surface area (Å²) in [4.78, 5) is 0. The summed E-state index contributed by atoms with van der Waals surface area (Å²) in [5, 5.41) is 220. The fourth-order valence-electron chi connectivity index (χ4n) is 16.4. The molecule has 0 aromatic heterocycles. The third-order valence-electron chi connectivity index (χ3n) is 23.2. The van der Waals surface area contributed by atoms with Gasteiger partial charge in [0.2, 0.25) is 0 Å². The average Bonchev–Trinajstić information content (AvgIpc) is 0.771. The minimum atomic E-state index is -0.315. The van der Waals surface area contributed by atoms with Gasteiger partial charge in [0, 0.05) is 112 Å². The quantitative estimate of drug-likeness (QED) is 0.0249. The molecule has 0 saturated heterocycles. The molecular formula is C110H92O21. The van der Waals surface area contributed by atoms with Gasteiger partial charge in [-0.15, -0.1) is 0 Å². The third kappa shape index (κ3) is 20.8. The van der Waals surface area contributed by atoms with E-state index in [1.807, 2.05) is 30.3 Å². The molecule has 0 atom stereocenters. The molecule has 0 amide bonds. The Morgan fingerprint density at radius 2 is 0.397 bits per heavy atom. The van der Waals surface area contributed by atoms with E-state index in [-0.39, 0.29) is 134 Å². The van der Waals surface area contributed by atoms with Gasteiger partial charge < -0.3 is 107 Å². The van der Waals surface area contributed by atoms with Gasteiger partial charge >= 0.3 is 0 Å². The third-order valence-corrected chi connectivity index (χ3v) is 23.2. The summed E-state index contributed by atoms with van der Waals surface area (Å²) in [5.74, 6) is 0.145. The summed E-state index contributed by atoms with van der Waals surface area (Å²) in [6, 6.07) is 86.2. The fraction of sp³-hybridized carbons (Fsp3) is 0.0909. The van der Waals surface area contributed by atoms with Gasteiger partial charge in [0.1, 0.15) is 86.2 Å². The van der Waals surface area contributed by atoms with Crippen molar-refractivity contribution >= 4 is 43.1 Å². The van der Waals surface area contributed by atoms with Gasteiger partial charge in [-0.05, 0) is 271 Å². The summed E-state index contributed by atoms with van der Waals surface area (Å²) in [6.07, 6.45) is 3.74. The van der Waals surface area contributed by atoms with Crippen LogP contribution in [-0.4, -0.2) is 107 Å². The van der Waals surface area contributed by atoms with E-state index >= 15 is 0 Å². The molecular weight excluding hydrogens is 1660 g/mol. The molecule has 0 heterocycles. The molecule has 18 aromatic carbocycles. The van der Waals surface area contributed by atoms with E-state index in [4.69, 9.17) is 0 Å². The van der Waals surface area contributed by atoms with Gasteiger partial charge in [-0.1, -0.05) is 146 Å². The van der Waals surface area contributed by atoms with Crippen molar-refractivity contribution < 1.29 is 107 Å². The summed E-state index contributed by atoms with van der Waals surface area (Å²) >= 11 is 0. The highest BCUT2D eigenvalue weighted by Gasteiger charge is 2.26. The maximum Gasteiger partial charge on any atom is 0.166 e. The summed E-state index contributed by atoms with van der Waals surface area (Å²) in [6.45, 7) is 0. The number of rotatable bonds is 20. The zero-order valence-corrected chi connectivity index (χ0v) is 70.4. The molecule has 0 saturated carbocycles. The van der Waals surface area contributed by atoms with Crippen LogP contribution in [0.25, 0.3) is 43.1 Å². The van der Waals surface area contributed by atoms with Crippen LogP contribution in [0, 0.1) is 0 Å². The van der Waals surface area contributed by atoms with Gasteiger partial charge in [0.15, 0.2) is 34.5 Å². The molecule has 131 heavy (non-hydrogen) atoms. The zero-order valence-electron chi connectivity index (χ0n) is 70.4. The normalized spacial score (nSPS) is 11.1. The Hall–Kier alpha value is -17.2. The van der Waals surface area contributed by atoms with E-state index in [9.17, 15) is 107 Å². The van der Waals surface area contributed by atoms with Crippen molar-refractivity contribution in [2.75, 3.05) is 0 Å². The first-order valence-electron chi connectivity index (χ1n) is 41.8. The van der Waals surface area contributed by atoms with E-state index in [2.05, 4.69) is 0 Å². The molecule has 18 rings (SSSR count). The maximum absolute atomic E-state index is 11.4. The van der Waals surface area contributed by atoms with Gasteiger partial charge in [-0.3, -0.25) is 0 Å². The van der Waals surface area contributed by atoms with Crippen molar-refractivity contribution in [3.8, 4) is 121 Å². The van der Waals surface area contributed by atoms with E-state index in [1.54, 1.807) is 273 Å². The van der Waals surface area contributed by atoms with Crippen LogP contribution in [0.3, 0.4) is 0 Å². The molecule has 0 aliphatic rings. The number of fused-ring (bicyclic) bond motifs is 4. The first-order valence-corrected chi connectivity index (χ1v) is 41.8. The lowest BCUT2D eigenvalue weighted by atomic mass is 9.88. The number of aromatic hydroxyl groups is 21. The molecule has 18 aromatic rings. The number of phenolic OH excluding ortho intramolecular Hbond substituents is 21. The Balaban J connectivity index is 0.000000135. The van der Waals surface area contributed by atoms with Gasteiger partial charge in [-0.25, -0.2) is 0 Å². The predicted octanol–water partition coefficient (Wildman–Crippen LogP) is 21.1. The van der Waals surface area contributed by atoms with E-state index in [1.165, 1.54) is 6.07 Å². The average molecular weight is 1750 g/mol. The Labute approximate surface area is 751 Å². The number of phenols is 21. The van der Waals surface area contributed by atoms with Crippen molar-refractivity contribution in [3.63, 3.8) is 0 Å². The summed E-state index contributed by atoms with van der Waals surface area (Å²) in [5.41, 5.74) is 14.7. The van der Waals surface area contributed by atoms with Crippen molar-refractivity contribution in [2.24, 2.45) is 0 Å². The van der Waals surface area contributed by atoms with Crippen LogP contribution in [0.2, 0.25) is 0 Å². The van der Waals surface area contributed by atoms with Crippen LogP contribution in [0.4, 0.5) is 0 Å². The van der Waals surface area contributed by atoms with Gasteiger partial charge in [-0.2, -0.15) is 0 Å². The zero-order chi connectivity index (χ0) is 92.4. The highest BCUT2D eigenvalue weighted by atomic mass is 16.3. The fourth-order valence-corrected chi connectivity index (χ4v) is 16.4.